The van der Waals surface area contributed by atoms with Crippen LogP contribution >= 0.6 is 0 Å². The number of hydrogen-bond acceptors (Lipinski definition) is 2. The first-order chi connectivity index (χ1) is 7.27. The highest BCUT2D eigenvalue weighted by Gasteiger charge is 2.10. The third-order valence-electron chi connectivity index (χ3n) is 2.28. The van der Waals surface area contributed by atoms with Gasteiger partial charge in [0.25, 0.3) is 0 Å². The van der Waals surface area contributed by atoms with E-state index in [0.29, 0.717) is 13.0 Å². The van der Waals surface area contributed by atoms with Gasteiger partial charge in [-0.3, -0.25) is 9.78 Å². The second-order valence-electron chi connectivity index (χ2n) is 3.48. The van der Waals surface area contributed by atoms with Gasteiger partial charge in [-0.25, -0.2) is 0 Å². The zero-order valence-electron chi connectivity index (χ0n) is 9.44. The van der Waals surface area contributed by atoms with E-state index in [4.69, 9.17) is 0 Å². The van der Waals surface area contributed by atoms with Crippen LogP contribution in [0.1, 0.15) is 32.4 Å². The van der Waals surface area contributed by atoms with Crippen molar-refractivity contribution in [1.82, 2.24) is 9.88 Å². The highest BCUT2D eigenvalue weighted by molar-refractivity contribution is 5.75. The summed E-state index contributed by atoms with van der Waals surface area (Å²) in [6.07, 6.45) is 3.28. The summed E-state index contributed by atoms with van der Waals surface area (Å²) in [4.78, 5) is 17.7. The summed E-state index contributed by atoms with van der Waals surface area (Å²) in [7, 11) is 0. The molecule has 15 heavy (non-hydrogen) atoms. The van der Waals surface area contributed by atoms with E-state index in [1.165, 1.54) is 0 Å². The molecule has 0 saturated heterocycles. The first kappa shape index (κ1) is 11.7. The Hall–Kier alpha value is -1.38. The summed E-state index contributed by atoms with van der Waals surface area (Å²) >= 11 is 0. The van der Waals surface area contributed by atoms with Gasteiger partial charge in [0.15, 0.2) is 0 Å². The van der Waals surface area contributed by atoms with E-state index in [1.807, 2.05) is 36.9 Å². The Balaban J connectivity index is 2.58. The van der Waals surface area contributed by atoms with Crippen LogP contribution in [0.3, 0.4) is 0 Å². The van der Waals surface area contributed by atoms with Crippen molar-refractivity contribution in [1.29, 1.82) is 0 Å². The Bertz CT molecular complexity index is 298. The van der Waals surface area contributed by atoms with E-state index in [0.717, 1.165) is 18.7 Å². The molecule has 0 spiro atoms. The zero-order chi connectivity index (χ0) is 11.1. The molecule has 0 N–H and O–H groups in total. The molecule has 0 aromatic carbocycles. The van der Waals surface area contributed by atoms with Gasteiger partial charge in [-0.1, -0.05) is 13.0 Å². The van der Waals surface area contributed by atoms with Gasteiger partial charge >= 0.3 is 0 Å². The molecule has 0 bridgehead atoms. The number of rotatable bonds is 5. The standard InChI is InChI=1S/C12H18N2O/c1-3-7-12(15)14(4-2)10-11-8-5-6-9-13-11/h5-6,8-9H,3-4,7,10H2,1-2H3. The summed E-state index contributed by atoms with van der Waals surface area (Å²) in [5.74, 6) is 0.214. The summed E-state index contributed by atoms with van der Waals surface area (Å²) in [6.45, 7) is 5.38. The lowest BCUT2D eigenvalue weighted by molar-refractivity contribution is -0.131. The quantitative estimate of drug-likeness (QED) is 0.740. The van der Waals surface area contributed by atoms with E-state index < -0.39 is 0 Å². The molecule has 0 radical (unpaired) electrons. The molecule has 82 valence electrons. The smallest absolute Gasteiger partial charge is 0.222 e. The van der Waals surface area contributed by atoms with Gasteiger partial charge in [-0.15, -0.1) is 0 Å². The van der Waals surface area contributed by atoms with Gasteiger partial charge in [0.05, 0.1) is 12.2 Å². The molecule has 3 nitrogen and oxygen atoms in total. The van der Waals surface area contributed by atoms with Crippen LogP contribution in [0.2, 0.25) is 0 Å². The predicted octanol–water partition coefficient (Wildman–Crippen LogP) is 2.23. The van der Waals surface area contributed by atoms with E-state index >= 15 is 0 Å². The van der Waals surface area contributed by atoms with Crippen LogP contribution in [0.4, 0.5) is 0 Å². The second kappa shape index (κ2) is 6.17. The molecular weight excluding hydrogens is 188 g/mol. The fourth-order valence-electron chi connectivity index (χ4n) is 1.44. The van der Waals surface area contributed by atoms with Crippen molar-refractivity contribution >= 4 is 5.91 Å². The number of nitrogens with zero attached hydrogens (tertiary/aromatic N) is 2. The summed E-state index contributed by atoms with van der Waals surface area (Å²) < 4.78 is 0. The molecular formula is C12H18N2O. The minimum atomic E-state index is 0.214. The van der Waals surface area contributed by atoms with Crippen molar-refractivity contribution in [3.8, 4) is 0 Å². The molecule has 1 aromatic rings. The van der Waals surface area contributed by atoms with Crippen molar-refractivity contribution in [3.05, 3.63) is 30.1 Å². The van der Waals surface area contributed by atoms with Crippen LogP contribution in [0.5, 0.6) is 0 Å². The van der Waals surface area contributed by atoms with Crippen molar-refractivity contribution < 1.29 is 4.79 Å². The van der Waals surface area contributed by atoms with Crippen LogP contribution in [-0.4, -0.2) is 22.3 Å². The van der Waals surface area contributed by atoms with Gasteiger partial charge in [0.1, 0.15) is 0 Å². The minimum Gasteiger partial charge on any atom is -0.337 e. The zero-order valence-corrected chi connectivity index (χ0v) is 9.44. The number of carbonyl (C=O) groups is 1. The monoisotopic (exact) mass is 206 g/mol. The Kier molecular flexibility index (Phi) is 4.81. The van der Waals surface area contributed by atoms with Gasteiger partial charge < -0.3 is 4.90 Å². The fourth-order valence-corrected chi connectivity index (χ4v) is 1.44. The van der Waals surface area contributed by atoms with Gasteiger partial charge in [0.2, 0.25) is 5.91 Å². The number of hydrogen-bond donors (Lipinski definition) is 0. The number of amides is 1. The van der Waals surface area contributed by atoms with E-state index in [1.54, 1.807) is 6.20 Å². The fraction of sp³-hybridized carbons (Fsp3) is 0.500. The summed E-state index contributed by atoms with van der Waals surface area (Å²) in [5, 5.41) is 0. The molecule has 0 saturated carbocycles. The minimum absolute atomic E-state index is 0.214. The molecule has 0 aliphatic rings. The highest BCUT2D eigenvalue weighted by atomic mass is 16.2. The molecule has 0 atom stereocenters. The van der Waals surface area contributed by atoms with Crippen LogP contribution < -0.4 is 0 Å². The molecule has 0 aliphatic carbocycles. The third kappa shape index (κ3) is 3.70. The summed E-state index contributed by atoms with van der Waals surface area (Å²) in [5.41, 5.74) is 0.948. The Morgan fingerprint density at radius 3 is 2.73 bits per heavy atom. The maximum Gasteiger partial charge on any atom is 0.222 e. The molecule has 0 unspecified atom stereocenters. The molecule has 3 heteroatoms. The summed E-state index contributed by atoms with van der Waals surface area (Å²) in [6, 6.07) is 5.77. The normalized spacial score (nSPS) is 10.0. The molecule has 1 rings (SSSR count). The molecule has 1 aromatic heterocycles. The Morgan fingerprint density at radius 1 is 1.40 bits per heavy atom. The molecule has 0 fully saturated rings. The first-order valence-corrected chi connectivity index (χ1v) is 5.45. The molecule has 1 amide bonds. The largest absolute Gasteiger partial charge is 0.337 e. The van der Waals surface area contributed by atoms with Crippen molar-refractivity contribution in [2.45, 2.75) is 33.2 Å². The van der Waals surface area contributed by atoms with Gasteiger partial charge in [0, 0.05) is 19.2 Å². The van der Waals surface area contributed by atoms with E-state index in [9.17, 15) is 4.79 Å². The average molecular weight is 206 g/mol. The molecule has 1 heterocycles. The van der Waals surface area contributed by atoms with Crippen molar-refractivity contribution in [2.24, 2.45) is 0 Å². The third-order valence-corrected chi connectivity index (χ3v) is 2.28. The SMILES string of the molecule is CCCC(=O)N(CC)Cc1ccccn1. The number of aromatic nitrogens is 1. The number of carbonyl (C=O) groups excluding carboxylic acids is 1. The topological polar surface area (TPSA) is 33.2 Å². The van der Waals surface area contributed by atoms with E-state index in [-0.39, 0.29) is 5.91 Å². The first-order valence-electron chi connectivity index (χ1n) is 5.45. The van der Waals surface area contributed by atoms with Gasteiger partial charge in [-0.05, 0) is 25.5 Å². The molecule has 0 aliphatic heterocycles. The maximum absolute atomic E-state index is 11.7. The van der Waals surface area contributed by atoms with Crippen LogP contribution in [-0.2, 0) is 11.3 Å². The van der Waals surface area contributed by atoms with Crippen molar-refractivity contribution in [2.75, 3.05) is 6.54 Å². The lowest BCUT2D eigenvalue weighted by Crippen LogP contribution is -2.30. The second-order valence-corrected chi connectivity index (χ2v) is 3.48. The maximum atomic E-state index is 11.7. The Morgan fingerprint density at radius 2 is 2.20 bits per heavy atom. The number of pyridine rings is 1. The highest BCUT2D eigenvalue weighted by Crippen LogP contribution is 2.04. The lowest BCUT2D eigenvalue weighted by atomic mass is 10.2. The van der Waals surface area contributed by atoms with Crippen LogP contribution in [0.25, 0.3) is 0 Å². The van der Waals surface area contributed by atoms with Crippen LogP contribution in [0, 0.1) is 0 Å². The Labute approximate surface area is 91.1 Å². The van der Waals surface area contributed by atoms with E-state index in [2.05, 4.69) is 4.98 Å². The van der Waals surface area contributed by atoms with Crippen LogP contribution in [0.15, 0.2) is 24.4 Å². The lowest BCUT2D eigenvalue weighted by Gasteiger charge is -2.20. The van der Waals surface area contributed by atoms with Gasteiger partial charge in [-0.2, -0.15) is 0 Å². The van der Waals surface area contributed by atoms with Crippen molar-refractivity contribution in [3.63, 3.8) is 0 Å². The predicted molar refractivity (Wildman–Crippen MR) is 60.2 cm³/mol. The average Bonchev–Trinajstić information content (AvgIpc) is 2.27.